The minimum Gasteiger partial charge on any atom is -0.481 e. The molecule has 1 aromatic rings. The lowest BCUT2D eigenvalue weighted by atomic mass is 10.1. The average molecular weight is 298 g/mol. The van der Waals surface area contributed by atoms with Gasteiger partial charge in [-0.25, -0.2) is 8.78 Å². The number of hydrogen-bond acceptors (Lipinski definition) is 3. The molecule has 1 amide bonds. The largest absolute Gasteiger partial charge is 0.481 e. The van der Waals surface area contributed by atoms with Crippen molar-refractivity contribution in [1.29, 1.82) is 0 Å². The smallest absolute Gasteiger partial charge is 0.307 e. The number of carboxylic acid groups (broad SMARTS) is 1. The van der Waals surface area contributed by atoms with Gasteiger partial charge >= 0.3 is 5.97 Å². The minimum absolute atomic E-state index is 0.0315. The number of carboxylic acids is 1. The standard InChI is InChI=1S/C14H16F2N2O3/c15-11-3-9(4-12(16)5-11)6-17-13(19)8-18-2-1-10(7-18)14(20)21/h3-5,10H,1-2,6-8H2,(H,17,19)(H,20,21). The number of amides is 1. The van der Waals surface area contributed by atoms with Crippen LogP contribution in [0.15, 0.2) is 18.2 Å². The van der Waals surface area contributed by atoms with Gasteiger partial charge < -0.3 is 10.4 Å². The Bertz CT molecular complexity index is 531. The highest BCUT2D eigenvalue weighted by Crippen LogP contribution is 2.15. The number of nitrogens with one attached hydrogen (secondary N) is 1. The molecule has 1 unspecified atom stereocenters. The van der Waals surface area contributed by atoms with E-state index in [1.165, 1.54) is 0 Å². The van der Waals surface area contributed by atoms with Crippen LogP contribution in [0.25, 0.3) is 0 Å². The van der Waals surface area contributed by atoms with E-state index in [4.69, 9.17) is 5.11 Å². The van der Waals surface area contributed by atoms with Crippen LogP contribution in [-0.4, -0.2) is 41.5 Å². The predicted octanol–water partition coefficient (Wildman–Crippen LogP) is 0.988. The molecule has 1 aliphatic rings. The molecule has 1 aliphatic heterocycles. The van der Waals surface area contributed by atoms with Gasteiger partial charge in [-0.15, -0.1) is 0 Å². The van der Waals surface area contributed by atoms with Gasteiger partial charge in [-0.05, 0) is 30.7 Å². The summed E-state index contributed by atoms with van der Waals surface area (Å²) in [5, 5.41) is 11.4. The van der Waals surface area contributed by atoms with E-state index < -0.39 is 23.5 Å². The van der Waals surface area contributed by atoms with E-state index in [-0.39, 0.29) is 19.0 Å². The van der Waals surface area contributed by atoms with Crippen LogP contribution >= 0.6 is 0 Å². The molecule has 7 heteroatoms. The van der Waals surface area contributed by atoms with Crippen molar-refractivity contribution in [3.63, 3.8) is 0 Å². The second kappa shape index (κ2) is 6.62. The lowest BCUT2D eigenvalue weighted by Crippen LogP contribution is -2.36. The normalized spacial score (nSPS) is 18.7. The molecule has 0 radical (unpaired) electrons. The molecule has 1 heterocycles. The van der Waals surface area contributed by atoms with Crippen LogP contribution in [-0.2, 0) is 16.1 Å². The van der Waals surface area contributed by atoms with Crippen molar-refractivity contribution in [2.24, 2.45) is 5.92 Å². The Balaban J connectivity index is 1.79. The van der Waals surface area contributed by atoms with E-state index in [9.17, 15) is 18.4 Å². The first-order chi connectivity index (χ1) is 9.94. The molecule has 0 spiro atoms. The van der Waals surface area contributed by atoms with Crippen molar-refractivity contribution in [3.8, 4) is 0 Å². The molecule has 21 heavy (non-hydrogen) atoms. The van der Waals surface area contributed by atoms with E-state index in [0.717, 1.165) is 18.2 Å². The van der Waals surface area contributed by atoms with Crippen LogP contribution in [0.5, 0.6) is 0 Å². The highest BCUT2D eigenvalue weighted by molar-refractivity contribution is 5.78. The summed E-state index contributed by atoms with van der Waals surface area (Å²) in [5.41, 5.74) is 0.339. The molecule has 1 atom stereocenters. The Labute approximate surface area is 120 Å². The van der Waals surface area contributed by atoms with Crippen LogP contribution in [0.1, 0.15) is 12.0 Å². The predicted molar refractivity (Wildman–Crippen MR) is 70.4 cm³/mol. The summed E-state index contributed by atoms with van der Waals surface area (Å²) in [7, 11) is 0. The lowest BCUT2D eigenvalue weighted by Gasteiger charge is -2.14. The van der Waals surface area contributed by atoms with Gasteiger partial charge in [0, 0.05) is 19.2 Å². The van der Waals surface area contributed by atoms with E-state index >= 15 is 0 Å². The molecule has 0 bridgehead atoms. The topological polar surface area (TPSA) is 69.6 Å². The fraction of sp³-hybridized carbons (Fsp3) is 0.429. The zero-order valence-electron chi connectivity index (χ0n) is 11.3. The van der Waals surface area contributed by atoms with Gasteiger partial charge in [0.25, 0.3) is 0 Å². The number of aliphatic carboxylic acids is 1. The molecule has 1 fully saturated rings. The van der Waals surface area contributed by atoms with Crippen molar-refractivity contribution in [3.05, 3.63) is 35.4 Å². The van der Waals surface area contributed by atoms with Gasteiger partial charge in [0.05, 0.1) is 12.5 Å². The molecule has 0 aromatic heterocycles. The summed E-state index contributed by atoms with van der Waals surface area (Å²) in [6, 6.07) is 3.07. The second-order valence-corrected chi connectivity index (χ2v) is 5.11. The van der Waals surface area contributed by atoms with Gasteiger partial charge in [0.2, 0.25) is 5.91 Å². The number of hydrogen-bond donors (Lipinski definition) is 2. The van der Waals surface area contributed by atoms with Crippen molar-refractivity contribution < 1.29 is 23.5 Å². The molecule has 114 valence electrons. The first kappa shape index (κ1) is 15.4. The zero-order valence-corrected chi connectivity index (χ0v) is 11.3. The fourth-order valence-corrected chi connectivity index (χ4v) is 2.35. The van der Waals surface area contributed by atoms with Crippen LogP contribution in [0.2, 0.25) is 0 Å². The van der Waals surface area contributed by atoms with Crippen molar-refractivity contribution in [2.45, 2.75) is 13.0 Å². The van der Waals surface area contributed by atoms with Gasteiger partial charge in [0.15, 0.2) is 0 Å². The third-order valence-electron chi connectivity index (χ3n) is 3.40. The number of likely N-dealkylation sites (tertiary alicyclic amines) is 1. The molecule has 0 saturated carbocycles. The Morgan fingerprint density at radius 3 is 2.52 bits per heavy atom. The van der Waals surface area contributed by atoms with Crippen LogP contribution < -0.4 is 5.32 Å². The first-order valence-corrected chi connectivity index (χ1v) is 6.61. The maximum Gasteiger partial charge on any atom is 0.307 e. The Morgan fingerprint density at radius 2 is 1.95 bits per heavy atom. The Kier molecular flexibility index (Phi) is 4.85. The van der Waals surface area contributed by atoms with Crippen LogP contribution in [0, 0.1) is 17.6 Å². The number of carbonyl (C=O) groups excluding carboxylic acids is 1. The monoisotopic (exact) mass is 298 g/mol. The summed E-state index contributed by atoms with van der Waals surface area (Å²) >= 11 is 0. The molecule has 1 aromatic carbocycles. The van der Waals surface area contributed by atoms with Crippen molar-refractivity contribution in [1.82, 2.24) is 10.2 Å². The summed E-state index contributed by atoms with van der Waals surface area (Å²) in [5.74, 6) is -2.97. The molecule has 2 rings (SSSR count). The molecule has 0 aliphatic carbocycles. The first-order valence-electron chi connectivity index (χ1n) is 6.61. The van der Waals surface area contributed by atoms with Gasteiger partial charge in [-0.1, -0.05) is 0 Å². The maximum absolute atomic E-state index is 13.0. The number of rotatable bonds is 5. The highest BCUT2D eigenvalue weighted by Gasteiger charge is 2.28. The van der Waals surface area contributed by atoms with E-state index in [2.05, 4.69) is 5.32 Å². The number of benzene rings is 1. The average Bonchev–Trinajstić information content (AvgIpc) is 2.84. The third kappa shape index (κ3) is 4.49. The summed E-state index contributed by atoms with van der Waals surface area (Å²) in [6.07, 6.45) is 0.526. The second-order valence-electron chi connectivity index (χ2n) is 5.11. The maximum atomic E-state index is 13.0. The van der Waals surface area contributed by atoms with Gasteiger partial charge in [-0.2, -0.15) is 0 Å². The Morgan fingerprint density at radius 1 is 1.29 bits per heavy atom. The minimum atomic E-state index is -0.854. The number of carbonyl (C=O) groups is 2. The lowest BCUT2D eigenvalue weighted by molar-refractivity contribution is -0.141. The van der Waals surface area contributed by atoms with Crippen molar-refractivity contribution >= 4 is 11.9 Å². The quantitative estimate of drug-likeness (QED) is 0.850. The van der Waals surface area contributed by atoms with Crippen LogP contribution in [0.3, 0.4) is 0 Å². The number of nitrogens with zero attached hydrogens (tertiary/aromatic N) is 1. The zero-order chi connectivity index (χ0) is 15.4. The van der Waals surface area contributed by atoms with E-state index in [1.54, 1.807) is 4.90 Å². The fourth-order valence-electron chi connectivity index (χ4n) is 2.35. The molecule has 2 N–H and O–H groups in total. The molecular weight excluding hydrogens is 282 g/mol. The summed E-state index contributed by atoms with van der Waals surface area (Å²) < 4.78 is 26.0. The Hall–Kier alpha value is -2.02. The summed E-state index contributed by atoms with van der Waals surface area (Å²) in [6.45, 7) is 1.02. The van der Waals surface area contributed by atoms with Gasteiger partial charge in [0.1, 0.15) is 11.6 Å². The molecule has 1 saturated heterocycles. The van der Waals surface area contributed by atoms with Crippen molar-refractivity contribution in [2.75, 3.05) is 19.6 Å². The molecule has 5 nitrogen and oxygen atoms in total. The highest BCUT2D eigenvalue weighted by atomic mass is 19.1. The number of halogens is 2. The summed E-state index contributed by atoms with van der Waals surface area (Å²) in [4.78, 5) is 24.3. The third-order valence-corrected chi connectivity index (χ3v) is 3.40. The van der Waals surface area contributed by atoms with E-state index in [0.29, 0.717) is 25.1 Å². The molecular formula is C14H16F2N2O3. The SMILES string of the molecule is O=C(CN1CCC(C(=O)O)C1)NCc1cc(F)cc(F)c1. The van der Waals surface area contributed by atoms with E-state index in [1.807, 2.05) is 0 Å². The van der Waals surface area contributed by atoms with Gasteiger partial charge in [-0.3, -0.25) is 14.5 Å². The van der Waals surface area contributed by atoms with Crippen LogP contribution in [0.4, 0.5) is 8.78 Å².